The Morgan fingerprint density at radius 2 is 2.16 bits per heavy atom. The predicted molar refractivity (Wildman–Crippen MR) is 76.0 cm³/mol. The number of hydrogen-bond acceptors (Lipinski definition) is 2. The maximum absolute atomic E-state index is 12.3. The molecule has 0 spiro atoms. The SMILES string of the molecule is CC(C)C(O)CNC(=O)C1CCCc2ccccc21. The lowest BCUT2D eigenvalue weighted by Gasteiger charge is -2.25. The second-order valence-corrected chi connectivity index (χ2v) is 5.70. The maximum Gasteiger partial charge on any atom is 0.227 e. The van der Waals surface area contributed by atoms with Crippen LogP contribution in [0, 0.1) is 5.92 Å². The highest BCUT2D eigenvalue weighted by atomic mass is 16.3. The van der Waals surface area contributed by atoms with Crippen LogP contribution in [0.15, 0.2) is 24.3 Å². The van der Waals surface area contributed by atoms with Gasteiger partial charge in [0.05, 0.1) is 12.0 Å². The highest BCUT2D eigenvalue weighted by Crippen LogP contribution is 2.31. The molecule has 0 heterocycles. The van der Waals surface area contributed by atoms with Crippen LogP contribution in [-0.2, 0) is 11.2 Å². The molecule has 1 aromatic rings. The first kappa shape index (κ1) is 14.1. The molecule has 2 atom stereocenters. The van der Waals surface area contributed by atoms with Crippen molar-refractivity contribution >= 4 is 5.91 Å². The van der Waals surface area contributed by atoms with E-state index in [-0.39, 0.29) is 17.7 Å². The van der Waals surface area contributed by atoms with Crippen LogP contribution in [0.3, 0.4) is 0 Å². The highest BCUT2D eigenvalue weighted by Gasteiger charge is 2.26. The summed E-state index contributed by atoms with van der Waals surface area (Å²) < 4.78 is 0. The number of nitrogens with one attached hydrogen (secondary N) is 1. The molecule has 0 radical (unpaired) electrons. The van der Waals surface area contributed by atoms with Gasteiger partial charge in [-0.15, -0.1) is 0 Å². The van der Waals surface area contributed by atoms with E-state index in [1.54, 1.807) is 0 Å². The number of fused-ring (bicyclic) bond motifs is 1. The van der Waals surface area contributed by atoms with Crippen molar-refractivity contribution in [2.45, 2.75) is 45.1 Å². The van der Waals surface area contributed by atoms with Gasteiger partial charge < -0.3 is 10.4 Å². The summed E-state index contributed by atoms with van der Waals surface area (Å²) in [5.41, 5.74) is 2.45. The fourth-order valence-electron chi connectivity index (χ4n) is 2.59. The Morgan fingerprint density at radius 1 is 1.42 bits per heavy atom. The van der Waals surface area contributed by atoms with Gasteiger partial charge in [0.2, 0.25) is 5.91 Å². The van der Waals surface area contributed by atoms with Gasteiger partial charge in [0.1, 0.15) is 0 Å². The van der Waals surface area contributed by atoms with Crippen LogP contribution in [0.2, 0.25) is 0 Å². The lowest BCUT2D eigenvalue weighted by molar-refractivity contribution is -0.123. The van der Waals surface area contributed by atoms with Crippen molar-refractivity contribution in [3.63, 3.8) is 0 Å². The standard InChI is InChI=1S/C16H23NO2/c1-11(2)15(18)10-17-16(19)14-9-5-7-12-6-3-4-8-13(12)14/h3-4,6,8,11,14-15,18H,5,7,9-10H2,1-2H3,(H,17,19). The number of aliphatic hydroxyl groups excluding tert-OH is 1. The van der Waals surface area contributed by atoms with Crippen LogP contribution in [0.25, 0.3) is 0 Å². The fraction of sp³-hybridized carbons (Fsp3) is 0.562. The highest BCUT2D eigenvalue weighted by molar-refractivity contribution is 5.84. The molecule has 104 valence electrons. The zero-order valence-corrected chi connectivity index (χ0v) is 11.7. The molecule has 0 aromatic heterocycles. The largest absolute Gasteiger partial charge is 0.391 e. The molecular formula is C16H23NO2. The average molecular weight is 261 g/mol. The summed E-state index contributed by atoms with van der Waals surface area (Å²) in [4.78, 5) is 12.3. The van der Waals surface area contributed by atoms with Crippen molar-refractivity contribution < 1.29 is 9.90 Å². The van der Waals surface area contributed by atoms with Gasteiger partial charge in [0, 0.05) is 6.54 Å². The van der Waals surface area contributed by atoms with Crippen molar-refractivity contribution in [3.8, 4) is 0 Å². The van der Waals surface area contributed by atoms with Gasteiger partial charge in [-0.25, -0.2) is 0 Å². The average Bonchev–Trinajstić information content (AvgIpc) is 2.43. The molecule has 0 aliphatic heterocycles. The quantitative estimate of drug-likeness (QED) is 0.873. The zero-order chi connectivity index (χ0) is 13.8. The van der Waals surface area contributed by atoms with E-state index in [4.69, 9.17) is 0 Å². The van der Waals surface area contributed by atoms with Crippen molar-refractivity contribution in [3.05, 3.63) is 35.4 Å². The van der Waals surface area contributed by atoms with Crippen molar-refractivity contribution in [1.82, 2.24) is 5.32 Å². The Morgan fingerprint density at radius 3 is 2.89 bits per heavy atom. The summed E-state index contributed by atoms with van der Waals surface area (Å²) in [7, 11) is 0. The lowest BCUT2D eigenvalue weighted by atomic mass is 9.82. The molecule has 3 nitrogen and oxygen atoms in total. The number of carbonyl (C=O) groups excluding carboxylic acids is 1. The third-order valence-corrected chi connectivity index (χ3v) is 3.94. The zero-order valence-electron chi connectivity index (χ0n) is 11.7. The fourth-order valence-corrected chi connectivity index (χ4v) is 2.59. The van der Waals surface area contributed by atoms with E-state index >= 15 is 0 Å². The normalized spacial score (nSPS) is 19.9. The molecule has 1 amide bonds. The number of benzene rings is 1. The summed E-state index contributed by atoms with van der Waals surface area (Å²) in [6.07, 6.45) is 2.56. The molecule has 3 heteroatoms. The number of carbonyl (C=O) groups is 1. The van der Waals surface area contributed by atoms with Crippen LogP contribution in [-0.4, -0.2) is 23.7 Å². The second kappa shape index (κ2) is 6.20. The molecule has 19 heavy (non-hydrogen) atoms. The molecule has 2 unspecified atom stereocenters. The first-order valence-electron chi connectivity index (χ1n) is 7.13. The molecular weight excluding hydrogens is 238 g/mol. The number of aliphatic hydroxyl groups is 1. The summed E-state index contributed by atoms with van der Waals surface area (Å²) >= 11 is 0. The maximum atomic E-state index is 12.3. The van der Waals surface area contributed by atoms with Crippen molar-refractivity contribution in [1.29, 1.82) is 0 Å². The van der Waals surface area contributed by atoms with Crippen LogP contribution in [0.5, 0.6) is 0 Å². The van der Waals surface area contributed by atoms with E-state index in [0.717, 1.165) is 24.8 Å². The molecule has 0 fully saturated rings. The molecule has 0 saturated carbocycles. The van der Waals surface area contributed by atoms with Crippen molar-refractivity contribution in [2.75, 3.05) is 6.54 Å². The van der Waals surface area contributed by atoms with E-state index in [1.807, 2.05) is 26.0 Å². The van der Waals surface area contributed by atoms with Gasteiger partial charge in [-0.1, -0.05) is 38.1 Å². The number of hydrogen-bond donors (Lipinski definition) is 2. The van der Waals surface area contributed by atoms with Crippen LogP contribution < -0.4 is 5.32 Å². The van der Waals surface area contributed by atoms with Gasteiger partial charge >= 0.3 is 0 Å². The van der Waals surface area contributed by atoms with E-state index in [0.29, 0.717) is 6.54 Å². The Labute approximate surface area is 115 Å². The topological polar surface area (TPSA) is 49.3 Å². The lowest BCUT2D eigenvalue weighted by Crippen LogP contribution is -2.38. The summed E-state index contributed by atoms with van der Waals surface area (Å²) in [5, 5.41) is 12.6. The second-order valence-electron chi connectivity index (χ2n) is 5.70. The third-order valence-electron chi connectivity index (χ3n) is 3.94. The molecule has 1 aromatic carbocycles. The van der Waals surface area contributed by atoms with Crippen LogP contribution >= 0.6 is 0 Å². The monoisotopic (exact) mass is 261 g/mol. The van der Waals surface area contributed by atoms with Gasteiger partial charge in [0.15, 0.2) is 0 Å². The molecule has 0 bridgehead atoms. The minimum Gasteiger partial charge on any atom is -0.391 e. The predicted octanol–water partition coefficient (Wildman–Crippen LogP) is 2.24. The van der Waals surface area contributed by atoms with E-state index < -0.39 is 6.10 Å². The Kier molecular flexibility index (Phi) is 4.59. The summed E-state index contributed by atoms with van der Waals surface area (Å²) in [6.45, 7) is 4.24. The molecule has 0 saturated heterocycles. The van der Waals surface area contributed by atoms with E-state index in [9.17, 15) is 9.90 Å². The smallest absolute Gasteiger partial charge is 0.227 e. The first-order chi connectivity index (χ1) is 9.09. The summed E-state index contributed by atoms with van der Waals surface area (Å²) in [6, 6.07) is 8.18. The molecule has 1 aliphatic carbocycles. The molecule has 1 aliphatic rings. The van der Waals surface area contributed by atoms with Crippen LogP contribution in [0.4, 0.5) is 0 Å². The third kappa shape index (κ3) is 3.35. The number of aryl methyl sites for hydroxylation is 1. The number of amides is 1. The summed E-state index contributed by atoms with van der Waals surface area (Å²) in [5.74, 6) is 0.162. The van der Waals surface area contributed by atoms with Gasteiger partial charge in [0.25, 0.3) is 0 Å². The van der Waals surface area contributed by atoms with E-state index in [2.05, 4.69) is 17.4 Å². The first-order valence-corrected chi connectivity index (χ1v) is 7.13. The molecule has 2 rings (SSSR count). The number of rotatable bonds is 4. The Hall–Kier alpha value is -1.35. The van der Waals surface area contributed by atoms with E-state index in [1.165, 1.54) is 5.56 Å². The Balaban J connectivity index is 2.01. The van der Waals surface area contributed by atoms with Gasteiger partial charge in [-0.2, -0.15) is 0 Å². The minimum absolute atomic E-state index is 0.0480. The van der Waals surface area contributed by atoms with Crippen molar-refractivity contribution in [2.24, 2.45) is 5.92 Å². The van der Waals surface area contributed by atoms with Gasteiger partial charge in [-0.05, 0) is 36.3 Å². The minimum atomic E-state index is -0.470. The van der Waals surface area contributed by atoms with Gasteiger partial charge in [-0.3, -0.25) is 4.79 Å². The Bertz CT molecular complexity index is 442. The molecule has 2 N–H and O–H groups in total. The van der Waals surface area contributed by atoms with Crippen LogP contribution in [0.1, 0.15) is 43.7 Å².